The Hall–Kier alpha value is -1.59. The lowest BCUT2D eigenvalue weighted by molar-refractivity contribution is -0.146. The molecule has 0 saturated heterocycles. The minimum Gasteiger partial charge on any atom is -0.497 e. The predicted octanol–water partition coefficient (Wildman–Crippen LogP) is 3.53. The average molecular weight is 292 g/mol. The number of rotatable bonds is 8. The summed E-state index contributed by atoms with van der Waals surface area (Å²) in [5.41, 5.74) is 1.99. The van der Waals surface area contributed by atoms with Crippen molar-refractivity contribution in [3.63, 3.8) is 0 Å². The molecule has 0 spiro atoms. The van der Waals surface area contributed by atoms with Crippen LogP contribution in [0.2, 0.25) is 0 Å². The Morgan fingerprint density at radius 3 is 2.43 bits per heavy atom. The molecule has 1 aromatic heterocycles. The number of hydrogen-bond donors (Lipinski definition) is 0. The Balaban J connectivity index is 2.51. The number of benzene rings is 1. The molecular formula is C16H24N2O3. The van der Waals surface area contributed by atoms with Crippen molar-refractivity contribution in [1.29, 1.82) is 0 Å². The van der Waals surface area contributed by atoms with Crippen molar-refractivity contribution < 1.29 is 14.2 Å². The lowest BCUT2D eigenvalue weighted by Crippen LogP contribution is -2.15. The number of aromatic nitrogens is 2. The summed E-state index contributed by atoms with van der Waals surface area (Å²) in [4.78, 5) is 4.71. The van der Waals surface area contributed by atoms with Crippen LogP contribution in [0.1, 0.15) is 39.3 Å². The van der Waals surface area contributed by atoms with Crippen LogP contribution >= 0.6 is 0 Å². The van der Waals surface area contributed by atoms with Crippen molar-refractivity contribution in [2.24, 2.45) is 0 Å². The topological polar surface area (TPSA) is 45.5 Å². The molecule has 0 aliphatic heterocycles. The molecule has 21 heavy (non-hydrogen) atoms. The van der Waals surface area contributed by atoms with Crippen LogP contribution in [0.25, 0.3) is 11.0 Å². The molecule has 1 heterocycles. The molecule has 0 N–H and O–H groups in total. The van der Waals surface area contributed by atoms with Gasteiger partial charge in [0.1, 0.15) is 5.75 Å². The predicted molar refractivity (Wildman–Crippen MR) is 82.6 cm³/mol. The Kier molecular flexibility index (Phi) is 5.59. The molecule has 5 nitrogen and oxygen atoms in total. The van der Waals surface area contributed by atoms with Gasteiger partial charge in [-0.05, 0) is 32.4 Å². The molecule has 0 atom stereocenters. The number of aryl methyl sites for hydroxylation is 1. The Labute approximate surface area is 125 Å². The van der Waals surface area contributed by atoms with Gasteiger partial charge >= 0.3 is 0 Å². The summed E-state index contributed by atoms with van der Waals surface area (Å²) in [6.07, 6.45) is 0.597. The fourth-order valence-corrected chi connectivity index (χ4v) is 2.39. The van der Waals surface area contributed by atoms with E-state index in [9.17, 15) is 0 Å². The van der Waals surface area contributed by atoms with E-state index >= 15 is 0 Å². The van der Waals surface area contributed by atoms with E-state index in [1.54, 1.807) is 7.11 Å². The number of imidazole rings is 1. The summed E-state index contributed by atoms with van der Waals surface area (Å²) in [6.45, 7) is 8.13. The molecule has 0 unspecified atom stereocenters. The Morgan fingerprint density at radius 2 is 1.86 bits per heavy atom. The summed E-state index contributed by atoms with van der Waals surface area (Å²) in [6, 6.07) is 5.94. The summed E-state index contributed by atoms with van der Waals surface area (Å²) in [5, 5.41) is 0. The van der Waals surface area contributed by atoms with Gasteiger partial charge in [0.25, 0.3) is 0 Å². The van der Waals surface area contributed by atoms with Crippen LogP contribution in [0.5, 0.6) is 5.75 Å². The first kappa shape index (κ1) is 15.8. The molecule has 0 bridgehead atoms. The third-order valence-electron chi connectivity index (χ3n) is 3.28. The van der Waals surface area contributed by atoms with E-state index in [-0.39, 0.29) is 0 Å². The smallest absolute Gasteiger partial charge is 0.217 e. The van der Waals surface area contributed by atoms with E-state index in [1.807, 2.05) is 32.0 Å². The summed E-state index contributed by atoms with van der Waals surface area (Å²) in [7, 11) is 1.66. The van der Waals surface area contributed by atoms with Gasteiger partial charge in [0.15, 0.2) is 5.82 Å². The maximum absolute atomic E-state index is 5.70. The highest BCUT2D eigenvalue weighted by Gasteiger charge is 2.21. The molecule has 0 amide bonds. The van der Waals surface area contributed by atoms with Gasteiger partial charge in [-0.1, -0.05) is 6.92 Å². The minimum atomic E-state index is -0.426. The van der Waals surface area contributed by atoms with Crippen molar-refractivity contribution in [1.82, 2.24) is 9.55 Å². The lowest BCUT2D eigenvalue weighted by Gasteiger charge is -2.18. The van der Waals surface area contributed by atoms with Crippen molar-refractivity contribution in [2.75, 3.05) is 20.3 Å². The van der Waals surface area contributed by atoms with Crippen molar-refractivity contribution >= 4 is 11.0 Å². The molecule has 2 rings (SSSR count). The van der Waals surface area contributed by atoms with E-state index in [4.69, 9.17) is 19.2 Å². The number of fused-ring (bicyclic) bond motifs is 1. The molecule has 0 aliphatic carbocycles. The lowest BCUT2D eigenvalue weighted by atomic mass is 10.3. The van der Waals surface area contributed by atoms with Gasteiger partial charge < -0.3 is 18.8 Å². The maximum atomic E-state index is 5.70. The van der Waals surface area contributed by atoms with E-state index < -0.39 is 6.29 Å². The highest BCUT2D eigenvalue weighted by Crippen LogP contribution is 2.27. The van der Waals surface area contributed by atoms with Gasteiger partial charge in [-0.15, -0.1) is 0 Å². The van der Waals surface area contributed by atoms with Gasteiger partial charge in [0.05, 0.1) is 18.1 Å². The molecule has 5 heteroatoms. The second kappa shape index (κ2) is 7.43. The molecule has 1 aromatic carbocycles. The van der Waals surface area contributed by atoms with Crippen molar-refractivity contribution in [3.05, 3.63) is 24.0 Å². The fourth-order valence-electron chi connectivity index (χ4n) is 2.39. The summed E-state index contributed by atoms with van der Waals surface area (Å²) in [5.74, 6) is 1.63. The van der Waals surface area contributed by atoms with Crippen molar-refractivity contribution in [3.8, 4) is 5.75 Å². The second-order valence-electron chi connectivity index (χ2n) is 4.72. The van der Waals surface area contributed by atoms with Crippen LogP contribution in [-0.4, -0.2) is 29.9 Å². The van der Waals surface area contributed by atoms with E-state index in [2.05, 4.69) is 11.5 Å². The first-order valence-corrected chi connectivity index (χ1v) is 7.52. The maximum Gasteiger partial charge on any atom is 0.217 e. The zero-order valence-corrected chi connectivity index (χ0v) is 13.3. The van der Waals surface area contributed by atoms with Gasteiger partial charge in [-0.2, -0.15) is 0 Å². The monoisotopic (exact) mass is 292 g/mol. The van der Waals surface area contributed by atoms with E-state index in [1.165, 1.54) is 0 Å². The second-order valence-corrected chi connectivity index (χ2v) is 4.72. The number of ether oxygens (including phenoxy) is 3. The largest absolute Gasteiger partial charge is 0.497 e. The van der Waals surface area contributed by atoms with Gasteiger partial charge in [-0.25, -0.2) is 4.98 Å². The highest BCUT2D eigenvalue weighted by molar-refractivity contribution is 5.77. The molecule has 0 saturated carbocycles. The first-order chi connectivity index (χ1) is 10.2. The van der Waals surface area contributed by atoms with Crippen molar-refractivity contribution in [2.45, 2.75) is 40.0 Å². The molecule has 2 aromatic rings. The van der Waals surface area contributed by atoms with Gasteiger partial charge in [0, 0.05) is 25.8 Å². The van der Waals surface area contributed by atoms with E-state index in [0.717, 1.165) is 35.6 Å². The Morgan fingerprint density at radius 1 is 1.14 bits per heavy atom. The standard InChI is InChI=1S/C16H24N2O3/c1-5-10-18-14-9-8-12(19-4)11-13(14)17-15(18)16(20-6-2)21-7-3/h8-9,11,16H,5-7,10H2,1-4H3. The van der Waals surface area contributed by atoms with Crippen LogP contribution in [0.15, 0.2) is 18.2 Å². The van der Waals surface area contributed by atoms with Gasteiger partial charge in [0.2, 0.25) is 6.29 Å². The first-order valence-electron chi connectivity index (χ1n) is 7.52. The minimum absolute atomic E-state index is 0.426. The normalized spacial score (nSPS) is 11.5. The quantitative estimate of drug-likeness (QED) is 0.698. The fraction of sp³-hybridized carbons (Fsp3) is 0.562. The van der Waals surface area contributed by atoms with Crippen LogP contribution in [0.4, 0.5) is 0 Å². The molecule has 116 valence electrons. The van der Waals surface area contributed by atoms with Crippen LogP contribution < -0.4 is 4.74 Å². The van der Waals surface area contributed by atoms with Crippen LogP contribution in [-0.2, 0) is 16.0 Å². The Bertz CT molecular complexity index is 574. The summed E-state index contributed by atoms with van der Waals surface area (Å²) < 4.78 is 18.9. The zero-order chi connectivity index (χ0) is 15.2. The van der Waals surface area contributed by atoms with Gasteiger partial charge in [-0.3, -0.25) is 0 Å². The highest BCUT2D eigenvalue weighted by atomic mass is 16.7. The summed E-state index contributed by atoms with van der Waals surface area (Å²) >= 11 is 0. The number of methoxy groups -OCH3 is 1. The molecule has 0 fully saturated rings. The molecular weight excluding hydrogens is 268 g/mol. The third kappa shape index (κ3) is 3.36. The van der Waals surface area contributed by atoms with E-state index in [0.29, 0.717) is 13.2 Å². The molecule has 0 radical (unpaired) electrons. The zero-order valence-electron chi connectivity index (χ0n) is 13.3. The van der Waals surface area contributed by atoms with Crippen LogP contribution in [0.3, 0.4) is 0 Å². The average Bonchev–Trinajstić information content (AvgIpc) is 2.85. The molecule has 0 aliphatic rings. The van der Waals surface area contributed by atoms with Crippen LogP contribution in [0, 0.1) is 0 Å². The SMILES string of the molecule is CCCn1c(C(OCC)OCC)nc2cc(OC)ccc21. The number of hydrogen-bond acceptors (Lipinski definition) is 4. The number of nitrogens with zero attached hydrogens (tertiary/aromatic N) is 2. The third-order valence-corrected chi connectivity index (χ3v) is 3.28.